The molecule has 0 amide bonds. The zero-order valence-electron chi connectivity index (χ0n) is 8.14. The molecule has 1 saturated heterocycles. The maximum atomic E-state index is 10.5. The first-order chi connectivity index (χ1) is 7.25. The molecule has 1 fully saturated rings. The van der Waals surface area contributed by atoms with Crippen molar-refractivity contribution in [3.8, 4) is 0 Å². The lowest BCUT2D eigenvalue weighted by molar-refractivity contribution is -0.380. The van der Waals surface area contributed by atoms with E-state index >= 15 is 0 Å². The highest BCUT2D eigenvalue weighted by Crippen LogP contribution is 2.23. The summed E-state index contributed by atoms with van der Waals surface area (Å²) < 4.78 is 5.22. The summed E-state index contributed by atoms with van der Waals surface area (Å²) in [6.07, 6.45) is 1.02. The minimum absolute atomic E-state index is 0.203. The van der Waals surface area contributed by atoms with Crippen molar-refractivity contribution in [2.24, 2.45) is 0 Å². The van der Waals surface area contributed by atoms with Gasteiger partial charge in [-0.2, -0.15) is 0 Å². The summed E-state index contributed by atoms with van der Waals surface area (Å²) in [6.45, 7) is 2.24. The molecule has 0 aliphatic carbocycles. The lowest BCUT2D eigenvalue weighted by Gasteiger charge is -2.07. The summed E-state index contributed by atoms with van der Waals surface area (Å²) in [6, 6.07) is 3.74. The van der Waals surface area contributed by atoms with E-state index < -0.39 is 0 Å². The highest BCUT2D eigenvalue weighted by atomic mass is 32.1. The topological polar surface area (TPSA) is 64.4 Å². The molecule has 0 radical (unpaired) electrons. The molecule has 5 nitrogen and oxygen atoms in total. The van der Waals surface area contributed by atoms with Gasteiger partial charge in [0.2, 0.25) is 0 Å². The van der Waals surface area contributed by atoms with Gasteiger partial charge in [0.25, 0.3) is 0 Å². The largest absolute Gasteiger partial charge is 0.380 e. The summed E-state index contributed by atoms with van der Waals surface area (Å²) >= 11 is 1.22. The molecule has 2 rings (SSSR count). The second-order valence-electron chi connectivity index (χ2n) is 3.44. The minimum Gasteiger partial charge on any atom is -0.380 e. The summed E-state index contributed by atoms with van der Waals surface area (Å²) in [4.78, 5) is 11.1. The molecule has 1 atom stereocenters. The molecule has 1 N–H and O–H groups in total. The quantitative estimate of drug-likeness (QED) is 0.627. The molecule has 82 valence electrons. The first-order valence-corrected chi connectivity index (χ1v) is 5.61. The van der Waals surface area contributed by atoms with E-state index in [0.29, 0.717) is 12.6 Å². The summed E-state index contributed by atoms with van der Waals surface area (Å²) in [5.41, 5.74) is 0. The molecule has 2 heterocycles. The first-order valence-electron chi connectivity index (χ1n) is 4.80. The Bertz CT molecular complexity index is 347. The van der Waals surface area contributed by atoms with Crippen LogP contribution in [-0.2, 0) is 11.3 Å². The molecule has 1 unspecified atom stereocenters. The monoisotopic (exact) mass is 228 g/mol. The SMILES string of the molecule is O=[N+]([O-])c1ccc(CNC2CCOC2)s1. The molecule has 1 aliphatic rings. The highest BCUT2D eigenvalue weighted by Gasteiger charge is 2.15. The molecule has 0 saturated carbocycles. The van der Waals surface area contributed by atoms with E-state index in [-0.39, 0.29) is 9.92 Å². The second-order valence-corrected chi connectivity index (χ2v) is 4.59. The number of ether oxygens (including phenoxy) is 1. The molecule has 0 spiro atoms. The van der Waals surface area contributed by atoms with Gasteiger partial charge in [0, 0.05) is 30.1 Å². The Hall–Kier alpha value is -0.980. The number of nitrogens with one attached hydrogen (secondary N) is 1. The van der Waals surface area contributed by atoms with Crippen LogP contribution in [0.4, 0.5) is 5.00 Å². The molecule has 6 heteroatoms. The lowest BCUT2D eigenvalue weighted by Crippen LogP contribution is -2.28. The highest BCUT2D eigenvalue weighted by molar-refractivity contribution is 7.15. The molecule has 1 aromatic heterocycles. The number of rotatable bonds is 4. The van der Waals surface area contributed by atoms with Crippen molar-refractivity contribution < 1.29 is 9.66 Å². The molecule has 1 aromatic rings. The van der Waals surface area contributed by atoms with Crippen LogP contribution in [0, 0.1) is 10.1 Å². The smallest absolute Gasteiger partial charge is 0.324 e. The van der Waals surface area contributed by atoms with E-state index in [1.165, 1.54) is 11.3 Å². The van der Waals surface area contributed by atoms with Gasteiger partial charge in [0.05, 0.1) is 11.5 Å². The van der Waals surface area contributed by atoms with E-state index in [1.807, 2.05) is 0 Å². The van der Waals surface area contributed by atoms with E-state index in [1.54, 1.807) is 12.1 Å². The Labute approximate surface area is 91.2 Å². The van der Waals surface area contributed by atoms with Crippen molar-refractivity contribution in [2.75, 3.05) is 13.2 Å². The standard InChI is InChI=1S/C9H12N2O3S/c12-11(13)9-2-1-8(15-9)5-10-7-3-4-14-6-7/h1-2,7,10H,3-6H2. The lowest BCUT2D eigenvalue weighted by atomic mass is 10.2. The summed E-state index contributed by atoms with van der Waals surface area (Å²) in [5, 5.41) is 14.0. The Morgan fingerprint density at radius 3 is 3.13 bits per heavy atom. The van der Waals surface area contributed by atoms with Gasteiger partial charge in [-0.25, -0.2) is 0 Å². The number of hydrogen-bond donors (Lipinski definition) is 1. The van der Waals surface area contributed by atoms with Crippen molar-refractivity contribution in [3.05, 3.63) is 27.1 Å². The maximum absolute atomic E-state index is 10.5. The fraction of sp³-hybridized carbons (Fsp3) is 0.556. The van der Waals surface area contributed by atoms with Crippen LogP contribution in [-0.4, -0.2) is 24.2 Å². The number of nitrogens with zero attached hydrogens (tertiary/aromatic N) is 1. The maximum Gasteiger partial charge on any atom is 0.324 e. The third-order valence-corrected chi connectivity index (χ3v) is 3.36. The van der Waals surface area contributed by atoms with Gasteiger partial charge >= 0.3 is 5.00 Å². The summed E-state index contributed by atoms with van der Waals surface area (Å²) in [7, 11) is 0. The minimum atomic E-state index is -0.354. The third-order valence-electron chi connectivity index (χ3n) is 2.32. The van der Waals surface area contributed by atoms with E-state index in [4.69, 9.17) is 4.74 Å². The Balaban J connectivity index is 1.84. The number of hydrogen-bond acceptors (Lipinski definition) is 5. The van der Waals surface area contributed by atoms with Crippen LogP contribution in [0.5, 0.6) is 0 Å². The van der Waals surface area contributed by atoms with Gasteiger partial charge < -0.3 is 10.1 Å². The van der Waals surface area contributed by atoms with Crippen molar-refractivity contribution >= 4 is 16.3 Å². The van der Waals surface area contributed by atoms with Gasteiger partial charge in [-0.05, 0) is 12.5 Å². The Morgan fingerprint density at radius 1 is 1.67 bits per heavy atom. The molecular formula is C9H12N2O3S. The molecule has 0 aromatic carbocycles. The van der Waals surface area contributed by atoms with Crippen molar-refractivity contribution in [3.63, 3.8) is 0 Å². The van der Waals surface area contributed by atoms with Crippen LogP contribution in [0.15, 0.2) is 12.1 Å². The van der Waals surface area contributed by atoms with Crippen LogP contribution < -0.4 is 5.32 Å². The van der Waals surface area contributed by atoms with Gasteiger partial charge in [-0.15, -0.1) is 0 Å². The zero-order chi connectivity index (χ0) is 10.7. The second kappa shape index (κ2) is 4.69. The Morgan fingerprint density at radius 2 is 2.53 bits per heavy atom. The predicted octanol–water partition coefficient (Wildman–Crippen LogP) is 1.53. The van der Waals surface area contributed by atoms with Crippen LogP contribution in [0.1, 0.15) is 11.3 Å². The van der Waals surface area contributed by atoms with Crippen molar-refractivity contribution in [1.29, 1.82) is 0 Å². The normalized spacial score (nSPS) is 20.7. The van der Waals surface area contributed by atoms with Crippen LogP contribution in [0.3, 0.4) is 0 Å². The molecule has 0 bridgehead atoms. The molecule has 1 aliphatic heterocycles. The van der Waals surface area contributed by atoms with Crippen LogP contribution >= 0.6 is 11.3 Å². The van der Waals surface area contributed by atoms with Gasteiger partial charge in [-0.1, -0.05) is 11.3 Å². The van der Waals surface area contributed by atoms with E-state index in [9.17, 15) is 10.1 Å². The number of nitro groups is 1. The van der Waals surface area contributed by atoms with Crippen LogP contribution in [0.25, 0.3) is 0 Å². The van der Waals surface area contributed by atoms with Gasteiger partial charge in [-0.3, -0.25) is 10.1 Å². The predicted molar refractivity (Wildman–Crippen MR) is 57.0 cm³/mol. The fourth-order valence-electron chi connectivity index (χ4n) is 1.50. The number of thiophene rings is 1. The summed E-state index contributed by atoms with van der Waals surface area (Å²) in [5.74, 6) is 0. The van der Waals surface area contributed by atoms with E-state index in [2.05, 4.69) is 5.32 Å². The van der Waals surface area contributed by atoms with Crippen molar-refractivity contribution in [2.45, 2.75) is 19.0 Å². The van der Waals surface area contributed by atoms with Crippen LogP contribution in [0.2, 0.25) is 0 Å². The van der Waals surface area contributed by atoms with E-state index in [0.717, 1.165) is 24.5 Å². The fourth-order valence-corrected chi connectivity index (χ4v) is 2.27. The average molecular weight is 228 g/mol. The molecular weight excluding hydrogens is 216 g/mol. The zero-order valence-corrected chi connectivity index (χ0v) is 8.96. The van der Waals surface area contributed by atoms with Gasteiger partial charge in [0.1, 0.15) is 0 Å². The Kier molecular flexibility index (Phi) is 3.30. The third kappa shape index (κ3) is 2.74. The van der Waals surface area contributed by atoms with Crippen molar-refractivity contribution in [1.82, 2.24) is 5.32 Å². The molecule has 15 heavy (non-hydrogen) atoms. The first kappa shape index (κ1) is 10.5. The average Bonchev–Trinajstić information content (AvgIpc) is 2.86. The van der Waals surface area contributed by atoms with Gasteiger partial charge in [0.15, 0.2) is 0 Å².